The zero-order valence-corrected chi connectivity index (χ0v) is 13.3. The molecule has 1 atom stereocenters. The summed E-state index contributed by atoms with van der Waals surface area (Å²) in [6.45, 7) is 3.75. The molecule has 1 unspecified atom stereocenters. The summed E-state index contributed by atoms with van der Waals surface area (Å²) in [4.78, 5) is 29.4. The molecule has 7 heteroatoms. The number of rotatable bonds is 2. The highest BCUT2D eigenvalue weighted by Crippen LogP contribution is 2.27. The third kappa shape index (κ3) is 3.07. The molecule has 2 amide bonds. The van der Waals surface area contributed by atoms with Crippen molar-refractivity contribution in [2.45, 2.75) is 18.9 Å². The van der Waals surface area contributed by atoms with Gasteiger partial charge >= 0.3 is 0 Å². The van der Waals surface area contributed by atoms with E-state index in [9.17, 15) is 9.59 Å². The summed E-state index contributed by atoms with van der Waals surface area (Å²) in [6.07, 6.45) is 1.64. The van der Waals surface area contributed by atoms with E-state index in [1.165, 1.54) is 11.3 Å². The van der Waals surface area contributed by atoms with Crippen molar-refractivity contribution in [2.24, 2.45) is 0 Å². The van der Waals surface area contributed by atoms with Crippen LogP contribution in [0.5, 0.6) is 0 Å². The smallest absolute Gasteiger partial charge is 0.264 e. The second-order valence-electron chi connectivity index (χ2n) is 5.34. The fourth-order valence-corrected chi connectivity index (χ4v) is 3.93. The van der Waals surface area contributed by atoms with Gasteiger partial charge in [-0.3, -0.25) is 9.59 Å². The van der Waals surface area contributed by atoms with Crippen LogP contribution in [0.15, 0.2) is 12.1 Å². The molecule has 2 aliphatic heterocycles. The van der Waals surface area contributed by atoms with Crippen LogP contribution in [0.4, 0.5) is 0 Å². The molecule has 1 N–H and O–H groups in total. The van der Waals surface area contributed by atoms with Gasteiger partial charge in [0.1, 0.15) is 6.04 Å². The fraction of sp³-hybridized carbons (Fsp3) is 0.571. The molecule has 5 nitrogen and oxygen atoms in total. The number of carbonyl (C=O) groups excluding carboxylic acids is 2. The van der Waals surface area contributed by atoms with Gasteiger partial charge in [-0.15, -0.1) is 11.3 Å². The minimum Gasteiger partial charge on any atom is -0.338 e. The van der Waals surface area contributed by atoms with Crippen LogP contribution in [0.2, 0.25) is 4.34 Å². The van der Waals surface area contributed by atoms with Gasteiger partial charge in [-0.05, 0) is 25.0 Å². The number of amides is 2. The average Bonchev–Trinajstić information content (AvgIpc) is 3.15. The Kier molecular flexibility index (Phi) is 4.47. The van der Waals surface area contributed by atoms with E-state index >= 15 is 0 Å². The van der Waals surface area contributed by atoms with Gasteiger partial charge in [0.05, 0.1) is 9.21 Å². The third-order valence-corrected chi connectivity index (χ3v) is 5.23. The number of piperazine rings is 1. The number of thiophene rings is 1. The Morgan fingerprint density at radius 2 is 2.00 bits per heavy atom. The van der Waals surface area contributed by atoms with Gasteiger partial charge in [0, 0.05) is 32.7 Å². The molecule has 0 bridgehead atoms. The molecule has 0 radical (unpaired) electrons. The Hall–Kier alpha value is -1.11. The first kappa shape index (κ1) is 14.8. The fourth-order valence-electron chi connectivity index (χ4n) is 2.93. The van der Waals surface area contributed by atoms with Crippen LogP contribution in [0, 0.1) is 0 Å². The van der Waals surface area contributed by atoms with Crippen molar-refractivity contribution in [3.63, 3.8) is 0 Å². The van der Waals surface area contributed by atoms with Crippen molar-refractivity contribution in [1.82, 2.24) is 15.1 Å². The van der Waals surface area contributed by atoms with Crippen LogP contribution in [-0.4, -0.2) is 60.4 Å². The second-order valence-corrected chi connectivity index (χ2v) is 7.05. The molecule has 2 aliphatic rings. The van der Waals surface area contributed by atoms with Crippen molar-refractivity contribution in [3.8, 4) is 0 Å². The number of hydrogen-bond acceptors (Lipinski definition) is 4. The first-order valence-electron chi connectivity index (χ1n) is 7.22. The number of nitrogens with one attached hydrogen (secondary N) is 1. The topological polar surface area (TPSA) is 52.7 Å². The lowest BCUT2D eigenvalue weighted by Gasteiger charge is -2.32. The SMILES string of the molecule is O=C(C1CCCN1C(=O)c1ccc(Cl)s1)N1CCNCC1. The Morgan fingerprint density at radius 3 is 2.67 bits per heavy atom. The molecular weight excluding hydrogens is 310 g/mol. The van der Waals surface area contributed by atoms with Gasteiger partial charge in [0.25, 0.3) is 5.91 Å². The van der Waals surface area contributed by atoms with E-state index in [1.807, 2.05) is 4.90 Å². The first-order valence-corrected chi connectivity index (χ1v) is 8.42. The van der Waals surface area contributed by atoms with Crippen molar-refractivity contribution in [1.29, 1.82) is 0 Å². The molecule has 1 aromatic heterocycles. The molecule has 0 spiro atoms. The lowest BCUT2D eigenvalue weighted by molar-refractivity contribution is -0.135. The van der Waals surface area contributed by atoms with E-state index in [4.69, 9.17) is 11.6 Å². The van der Waals surface area contributed by atoms with Gasteiger partial charge in [0.2, 0.25) is 5.91 Å². The van der Waals surface area contributed by atoms with Crippen LogP contribution in [0.1, 0.15) is 22.5 Å². The Morgan fingerprint density at radius 1 is 1.24 bits per heavy atom. The van der Waals surface area contributed by atoms with Crippen molar-refractivity contribution >= 4 is 34.8 Å². The van der Waals surface area contributed by atoms with E-state index in [-0.39, 0.29) is 17.9 Å². The predicted molar refractivity (Wildman–Crippen MR) is 82.8 cm³/mol. The van der Waals surface area contributed by atoms with Crippen LogP contribution in [0.3, 0.4) is 0 Å². The maximum Gasteiger partial charge on any atom is 0.264 e. The van der Waals surface area contributed by atoms with E-state index in [0.29, 0.717) is 15.8 Å². The van der Waals surface area contributed by atoms with E-state index in [0.717, 1.165) is 39.0 Å². The van der Waals surface area contributed by atoms with Crippen molar-refractivity contribution < 1.29 is 9.59 Å². The summed E-state index contributed by atoms with van der Waals surface area (Å²) < 4.78 is 0.600. The molecule has 21 heavy (non-hydrogen) atoms. The molecule has 2 fully saturated rings. The Balaban J connectivity index is 1.72. The number of nitrogens with zero attached hydrogens (tertiary/aromatic N) is 2. The second kappa shape index (κ2) is 6.34. The molecule has 1 aromatic rings. The number of likely N-dealkylation sites (tertiary alicyclic amines) is 1. The van der Waals surface area contributed by atoms with Crippen LogP contribution < -0.4 is 5.32 Å². The quantitative estimate of drug-likeness (QED) is 0.894. The molecule has 3 heterocycles. The summed E-state index contributed by atoms with van der Waals surface area (Å²) in [7, 11) is 0. The lowest BCUT2D eigenvalue weighted by atomic mass is 10.1. The van der Waals surface area contributed by atoms with Gasteiger partial charge in [-0.1, -0.05) is 11.6 Å². The maximum atomic E-state index is 12.6. The highest BCUT2D eigenvalue weighted by molar-refractivity contribution is 7.17. The standard InChI is InChI=1S/C14H18ClN3O2S/c15-12-4-3-11(21-12)14(20)18-7-1-2-10(18)13(19)17-8-5-16-6-9-17/h3-4,10,16H,1-2,5-9H2. The summed E-state index contributed by atoms with van der Waals surface area (Å²) in [5.74, 6) is 0.0166. The first-order chi connectivity index (χ1) is 10.2. The third-order valence-electron chi connectivity index (χ3n) is 4.01. The lowest BCUT2D eigenvalue weighted by Crippen LogP contribution is -2.53. The van der Waals surface area contributed by atoms with Crippen LogP contribution in [-0.2, 0) is 4.79 Å². The van der Waals surface area contributed by atoms with E-state index in [2.05, 4.69) is 5.32 Å². The minimum atomic E-state index is -0.309. The van der Waals surface area contributed by atoms with E-state index < -0.39 is 0 Å². The highest BCUT2D eigenvalue weighted by Gasteiger charge is 2.37. The zero-order valence-electron chi connectivity index (χ0n) is 11.7. The summed E-state index contributed by atoms with van der Waals surface area (Å²) in [5, 5.41) is 3.24. The number of halogens is 1. The van der Waals surface area contributed by atoms with Gasteiger partial charge in [-0.25, -0.2) is 0 Å². The van der Waals surface area contributed by atoms with Crippen LogP contribution in [0.25, 0.3) is 0 Å². The summed E-state index contributed by atoms with van der Waals surface area (Å²) in [5.41, 5.74) is 0. The zero-order chi connectivity index (χ0) is 14.8. The maximum absolute atomic E-state index is 12.6. The monoisotopic (exact) mass is 327 g/mol. The van der Waals surface area contributed by atoms with Gasteiger partial charge < -0.3 is 15.1 Å². The average molecular weight is 328 g/mol. The molecular formula is C14H18ClN3O2S. The number of hydrogen-bond donors (Lipinski definition) is 1. The summed E-state index contributed by atoms with van der Waals surface area (Å²) in [6, 6.07) is 3.15. The molecule has 0 aromatic carbocycles. The van der Waals surface area contributed by atoms with Crippen molar-refractivity contribution in [3.05, 3.63) is 21.3 Å². The van der Waals surface area contributed by atoms with Crippen molar-refractivity contribution in [2.75, 3.05) is 32.7 Å². The summed E-state index contributed by atoms with van der Waals surface area (Å²) >= 11 is 7.17. The Labute approximate surface area is 132 Å². The van der Waals surface area contributed by atoms with Gasteiger partial charge in [-0.2, -0.15) is 0 Å². The number of carbonyl (C=O) groups is 2. The molecule has 0 aliphatic carbocycles. The van der Waals surface area contributed by atoms with Crippen LogP contribution >= 0.6 is 22.9 Å². The largest absolute Gasteiger partial charge is 0.338 e. The molecule has 2 saturated heterocycles. The normalized spacial score (nSPS) is 22.6. The predicted octanol–water partition coefficient (Wildman–Crippen LogP) is 1.44. The molecule has 3 rings (SSSR count). The molecule has 0 saturated carbocycles. The Bertz CT molecular complexity index is 542. The van der Waals surface area contributed by atoms with E-state index in [1.54, 1.807) is 17.0 Å². The van der Waals surface area contributed by atoms with Gasteiger partial charge in [0.15, 0.2) is 0 Å². The molecule has 114 valence electrons. The highest BCUT2D eigenvalue weighted by atomic mass is 35.5. The minimum absolute atomic E-state index is 0.0714.